The summed E-state index contributed by atoms with van der Waals surface area (Å²) in [5, 5.41) is 6.52. The van der Waals surface area contributed by atoms with Crippen molar-refractivity contribution < 1.29 is 14.1 Å². The first-order chi connectivity index (χ1) is 9.02. The van der Waals surface area contributed by atoms with E-state index in [9.17, 15) is 4.79 Å². The predicted octanol–water partition coefficient (Wildman–Crippen LogP) is 1.09. The fourth-order valence-electron chi connectivity index (χ4n) is 2.00. The lowest BCUT2D eigenvalue weighted by molar-refractivity contribution is -0.0873. The van der Waals surface area contributed by atoms with Gasteiger partial charge < -0.3 is 19.5 Å². The van der Waals surface area contributed by atoms with E-state index < -0.39 is 0 Å². The first-order valence-electron chi connectivity index (χ1n) is 6.48. The number of nitrogens with zero attached hydrogens (tertiary/aromatic N) is 3. The highest BCUT2D eigenvalue weighted by molar-refractivity contribution is 5.74. The van der Waals surface area contributed by atoms with Gasteiger partial charge in [-0.1, -0.05) is 12.1 Å². The van der Waals surface area contributed by atoms with Crippen molar-refractivity contribution in [3.05, 3.63) is 11.7 Å². The van der Waals surface area contributed by atoms with E-state index in [1.807, 2.05) is 6.92 Å². The highest BCUT2D eigenvalue weighted by atomic mass is 16.5. The first kappa shape index (κ1) is 13.8. The maximum atomic E-state index is 12.1. The number of carbonyl (C=O) groups is 1. The summed E-state index contributed by atoms with van der Waals surface area (Å²) in [5.41, 5.74) is -0.252. The molecule has 2 amide bonds. The summed E-state index contributed by atoms with van der Waals surface area (Å²) in [6, 6.07) is -0.120. The average Bonchev–Trinajstić information content (AvgIpc) is 2.82. The Kier molecular flexibility index (Phi) is 4.04. The molecule has 1 aliphatic heterocycles. The Morgan fingerprint density at radius 1 is 1.58 bits per heavy atom. The molecule has 1 N–H and O–H groups in total. The third-order valence-corrected chi connectivity index (χ3v) is 3.34. The van der Waals surface area contributed by atoms with Crippen LogP contribution in [0.3, 0.4) is 0 Å². The minimum absolute atomic E-state index is 0.120. The van der Waals surface area contributed by atoms with Crippen LogP contribution in [0.2, 0.25) is 0 Å². The molecule has 1 aromatic rings. The number of nitrogens with one attached hydrogen (secondary N) is 1. The lowest BCUT2D eigenvalue weighted by Gasteiger charge is -2.39. The molecule has 0 radical (unpaired) electrons. The van der Waals surface area contributed by atoms with Gasteiger partial charge in [-0.25, -0.2) is 4.79 Å². The molecule has 0 aromatic carbocycles. The summed E-state index contributed by atoms with van der Waals surface area (Å²) in [5.74, 6) is 0.978. The highest BCUT2D eigenvalue weighted by Crippen LogP contribution is 2.20. The number of ether oxygens (including phenoxy) is 1. The van der Waals surface area contributed by atoms with Crippen molar-refractivity contribution in [2.24, 2.45) is 0 Å². The van der Waals surface area contributed by atoms with E-state index in [2.05, 4.69) is 22.4 Å². The van der Waals surface area contributed by atoms with Crippen LogP contribution in [0.15, 0.2) is 4.52 Å². The van der Waals surface area contributed by atoms with Gasteiger partial charge in [0.2, 0.25) is 5.89 Å². The Labute approximate surface area is 112 Å². The quantitative estimate of drug-likeness (QED) is 0.887. The number of amides is 2. The zero-order valence-electron chi connectivity index (χ0n) is 11.6. The minimum atomic E-state index is -0.252. The molecule has 0 aliphatic carbocycles. The molecule has 7 nitrogen and oxygen atoms in total. The van der Waals surface area contributed by atoms with E-state index in [0.717, 1.165) is 6.42 Å². The van der Waals surface area contributed by atoms with E-state index in [1.54, 1.807) is 11.8 Å². The van der Waals surface area contributed by atoms with Crippen LogP contribution < -0.4 is 5.32 Å². The van der Waals surface area contributed by atoms with Crippen molar-refractivity contribution >= 4 is 6.03 Å². The zero-order chi connectivity index (χ0) is 13.9. The molecular formula is C12H20N4O3. The van der Waals surface area contributed by atoms with Crippen molar-refractivity contribution in [2.75, 3.05) is 19.7 Å². The third kappa shape index (κ3) is 3.44. The zero-order valence-corrected chi connectivity index (χ0v) is 11.6. The van der Waals surface area contributed by atoms with Gasteiger partial charge in [-0.3, -0.25) is 0 Å². The molecule has 106 valence electrons. The fraction of sp³-hybridized carbons (Fsp3) is 0.750. The number of hydrogen-bond donors (Lipinski definition) is 1. The van der Waals surface area contributed by atoms with Crippen molar-refractivity contribution in [1.29, 1.82) is 0 Å². The molecule has 2 heterocycles. The van der Waals surface area contributed by atoms with Gasteiger partial charge in [-0.15, -0.1) is 0 Å². The monoisotopic (exact) mass is 268 g/mol. The van der Waals surface area contributed by atoms with Crippen LogP contribution >= 0.6 is 0 Å². The van der Waals surface area contributed by atoms with Gasteiger partial charge >= 0.3 is 6.03 Å². The van der Waals surface area contributed by atoms with E-state index in [1.165, 1.54) is 0 Å². The summed E-state index contributed by atoms with van der Waals surface area (Å²) >= 11 is 0. The highest BCUT2D eigenvalue weighted by Gasteiger charge is 2.32. The van der Waals surface area contributed by atoms with Gasteiger partial charge in [0.05, 0.1) is 25.3 Å². The second-order valence-electron chi connectivity index (χ2n) is 4.96. The first-order valence-corrected chi connectivity index (χ1v) is 6.48. The average molecular weight is 268 g/mol. The topological polar surface area (TPSA) is 80.5 Å². The van der Waals surface area contributed by atoms with Gasteiger partial charge in [0.1, 0.15) is 0 Å². The van der Waals surface area contributed by atoms with Crippen molar-refractivity contribution in [3.8, 4) is 0 Å². The number of rotatable bonds is 3. The predicted molar refractivity (Wildman–Crippen MR) is 67.5 cm³/mol. The Morgan fingerprint density at radius 2 is 2.37 bits per heavy atom. The molecule has 19 heavy (non-hydrogen) atoms. The number of urea groups is 1. The molecule has 1 atom stereocenters. The van der Waals surface area contributed by atoms with Crippen LogP contribution in [-0.2, 0) is 11.3 Å². The summed E-state index contributed by atoms with van der Waals surface area (Å²) in [4.78, 5) is 17.9. The van der Waals surface area contributed by atoms with Crippen LogP contribution in [0, 0.1) is 6.92 Å². The van der Waals surface area contributed by atoms with Gasteiger partial charge in [0, 0.05) is 13.5 Å². The molecule has 7 heteroatoms. The van der Waals surface area contributed by atoms with E-state index in [-0.39, 0.29) is 18.2 Å². The number of aromatic nitrogens is 2. The summed E-state index contributed by atoms with van der Waals surface area (Å²) < 4.78 is 10.5. The smallest absolute Gasteiger partial charge is 0.317 e. The molecule has 1 fully saturated rings. The number of hydrogen-bond acceptors (Lipinski definition) is 5. The lowest BCUT2D eigenvalue weighted by atomic mass is 10.0. The van der Waals surface area contributed by atoms with Crippen molar-refractivity contribution in [3.63, 3.8) is 0 Å². The number of carbonyl (C=O) groups excluding carboxylic acids is 1. The molecule has 0 spiro atoms. The molecule has 0 unspecified atom stereocenters. The molecular weight excluding hydrogens is 248 g/mol. The molecule has 0 bridgehead atoms. The van der Waals surface area contributed by atoms with E-state index >= 15 is 0 Å². The molecule has 1 aromatic heterocycles. The van der Waals surface area contributed by atoms with Gasteiger partial charge in [-0.2, -0.15) is 4.98 Å². The molecule has 1 saturated heterocycles. The Balaban J connectivity index is 1.86. The summed E-state index contributed by atoms with van der Waals surface area (Å²) in [6.07, 6.45) is 0.876. The summed E-state index contributed by atoms with van der Waals surface area (Å²) in [7, 11) is 0. The van der Waals surface area contributed by atoms with Gasteiger partial charge in [-0.05, 0) is 13.3 Å². The lowest BCUT2D eigenvalue weighted by Crippen LogP contribution is -2.54. The fourth-order valence-corrected chi connectivity index (χ4v) is 2.00. The standard InChI is InChI=1S/C12H20N4O3/c1-4-12(3)8-16(5-6-18-12)11(17)13-7-10-14-9(2)19-15-10/h4-8H2,1-3H3,(H,13,17)/t12-/m0/s1. The van der Waals surface area contributed by atoms with Crippen LogP contribution in [0.5, 0.6) is 0 Å². The Morgan fingerprint density at radius 3 is 3.00 bits per heavy atom. The Hall–Kier alpha value is -1.63. The van der Waals surface area contributed by atoms with Crippen LogP contribution in [0.1, 0.15) is 32.0 Å². The second-order valence-corrected chi connectivity index (χ2v) is 4.96. The third-order valence-electron chi connectivity index (χ3n) is 3.34. The molecule has 2 rings (SSSR count). The maximum Gasteiger partial charge on any atom is 0.317 e. The number of morpholine rings is 1. The van der Waals surface area contributed by atoms with Crippen molar-refractivity contribution in [1.82, 2.24) is 20.4 Å². The largest absolute Gasteiger partial charge is 0.372 e. The maximum absolute atomic E-state index is 12.1. The molecule has 1 aliphatic rings. The SMILES string of the molecule is CC[C@@]1(C)CN(C(=O)NCc2noc(C)n2)CCO1. The molecule has 0 saturated carbocycles. The normalized spacial score (nSPS) is 23.4. The van der Waals surface area contributed by atoms with Crippen LogP contribution in [0.4, 0.5) is 4.79 Å². The number of aryl methyl sites for hydroxylation is 1. The van der Waals surface area contributed by atoms with E-state index in [0.29, 0.717) is 31.4 Å². The van der Waals surface area contributed by atoms with Crippen molar-refractivity contribution in [2.45, 2.75) is 39.3 Å². The minimum Gasteiger partial charge on any atom is -0.372 e. The Bertz CT molecular complexity index is 448. The van der Waals surface area contributed by atoms with Gasteiger partial charge in [0.15, 0.2) is 5.82 Å². The van der Waals surface area contributed by atoms with Gasteiger partial charge in [0.25, 0.3) is 0 Å². The van der Waals surface area contributed by atoms with Crippen LogP contribution in [-0.4, -0.2) is 46.4 Å². The van der Waals surface area contributed by atoms with Crippen LogP contribution in [0.25, 0.3) is 0 Å². The van der Waals surface area contributed by atoms with E-state index in [4.69, 9.17) is 9.26 Å². The second kappa shape index (κ2) is 5.56. The summed E-state index contributed by atoms with van der Waals surface area (Å²) in [6.45, 7) is 7.84.